The molecule has 1 aromatic heterocycles. The molecule has 0 aliphatic carbocycles. The summed E-state index contributed by atoms with van der Waals surface area (Å²) in [6, 6.07) is 20.6. The highest BCUT2D eigenvalue weighted by atomic mass is 32.1. The Hall–Kier alpha value is -2.92. The van der Waals surface area contributed by atoms with Gasteiger partial charge in [-0.3, -0.25) is 9.59 Å². The summed E-state index contributed by atoms with van der Waals surface area (Å²) >= 11 is 1.77. The fourth-order valence-electron chi connectivity index (χ4n) is 4.64. The number of benzene rings is 2. The molecule has 178 valence electrons. The van der Waals surface area contributed by atoms with Gasteiger partial charge < -0.3 is 9.80 Å². The molecule has 2 aromatic carbocycles. The maximum atomic E-state index is 13.7. The van der Waals surface area contributed by atoms with Crippen LogP contribution in [-0.2, 0) is 22.4 Å². The number of carbonyl (C=O) groups excluding carboxylic acids is 2. The van der Waals surface area contributed by atoms with Gasteiger partial charge in [0.25, 0.3) is 0 Å². The van der Waals surface area contributed by atoms with E-state index >= 15 is 0 Å². The van der Waals surface area contributed by atoms with E-state index in [9.17, 15) is 9.59 Å². The molecule has 0 spiro atoms. The van der Waals surface area contributed by atoms with Crippen LogP contribution in [-0.4, -0.2) is 41.2 Å². The van der Waals surface area contributed by atoms with Crippen LogP contribution in [0.25, 0.3) is 0 Å². The van der Waals surface area contributed by atoms with E-state index in [0.717, 1.165) is 30.4 Å². The van der Waals surface area contributed by atoms with Gasteiger partial charge in [-0.25, -0.2) is 0 Å². The topological polar surface area (TPSA) is 40.6 Å². The average Bonchev–Trinajstić information content (AvgIpc) is 3.34. The average molecular weight is 475 g/mol. The van der Waals surface area contributed by atoms with Crippen LogP contribution in [0.3, 0.4) is 0 Å². The zero-order valence-electron chi connectivity index (χ0n) is 20.2. The van der Waals surface area contributed by atoms with Crippen molar-refractivity contribution in [2.24, 2.45) is 0 Å². The van der Waals surface area contributed by atoms with Crippen molar-refractivity contribution in [3.05, 3.63) is 93.2 Å². The smallest absolute Gasteiger partial charge is 0.242 e. The summed E-state index contributed by atoms with van der Waals surface area (Å²) in [5.74, 6) is 0.0948. The van der Waals surface area contributed by atoms with Crippen LogP contribution < -0.4 is 0 Å². The summed E-state index contributed by atoms with van der Waals surface area (Å²) in [6.07, 6.45) is 3.89. The van der Waals surface area contributed by atoms with E-state index in [1.54, 1.807) is 16.2 Å². The highest BCUT2D eigenvalue weighted by Gasteiger charge is 2.33. The minimum atomic E-state index is -0.0875. The lowest BCUT2D eigenvalue weighted by Crippen LogP contribution is -2.47. The SMILES string of the molecule is CCCCN(CC(=O)N1CCc2sccc2C1c1ccc(C)cc1)C(=O)CCc1ccccc1. The van der Waals surface area contributed by atoms with Crippen LogP contribution in [0.15, 0.2) is 66.0 Å². The molecule has 0 saturated heterocycles. The molecule has 0 saturated carbocycles. The Morgan fingerprint density at radius 3 is 2.56 bits per heavy atom. The van der Waals surface area contributed by atoms with E-state index in [1.165, 1.54) is 16.0 Å². The van der Waals surface area contributed by atoms with Crippen molar-refractivity contribution in [1.82, 2.24) is 9.80 Å². The lowest BCUT2D eigenvalue weighted by Gasteiger charge is -2.37. The first-order valence-electron chi connectivity index (χ1n) is 12.3. The number of thiophene rings is 1. The zero-order chi connectivity index (χ0) is 23.9. The molecule has 1 atom stereocenters. The number of hydrogen-bond acceptors (Lipinski definition) is 3. The monoisotopic (exact) mass is 474 g/mol. The first-order valence-corrected chi connectivity index (χ1v) is 13.2. The number of rotatable bonds is 9. The maximum absolute atomic E-state index is 13.7. The van der Waals surface area contributed by atoms with Crippen LogP contribution >= 0.6 is 11.3 Å². The molecular formula is C29H34N2O2S. The van der Waals surface area contributed by atoms with Crippen molar-refractivity contribution in [3.8, 4) is 0 Å². The lowest BCUT2D eigenvalue weighted by atomic mass is 9.92. The van der Waals surface area contributed by atoms with E-state index in [4.69, 9.17) is 0 Å². The second-order valence-electron chi connectivity index (χ2n) is 9.10. The van der Waals surface area contributed by atoms with Crippen molar-refractivity contribution >= 4 is 23.2 Å². The molecule has 0 fully saturated rings. The summed E-state index contributed by atoms with van der Waals surface area (Å²) in [7, 11) is 0. The van der Waals surface area contributed by atoms with E-state index in [1.807, 2.05) is 35.2 Å². The number of hydrogen-bond donors (Lipinski definition) is 0. The molecular weight excluding hydrogens is 440 g/mol. The third-order valence-electron chi connectivity index (χ3n) is 6.61. The Kier molecular flexibility index (Phi) is 8.17. The van der Waals surface area contributed by atoms with Crippen molar-refractivity contribution in [2.75, 3.05) is 19.6 Å². The van der Waals surface area contributed by atoms with Crippen LogP contribution in [0, 0.1) is 6.92 Å². The van der Waals surface area contributed by atoms with Gasteiger partial charge in [-0.15, -0.1) is 11.3 Å². The molecule has 4 rings (SSSR count). The van der Waals surface area contributed by atoms with Gasteiger partial charge in [0.1, 0.15) is 0 Å². The summed E-state index contributed by atoms with van der Waals surface area (Å²) in [6.45, 7) is 5.66. The van der Waals surface area contributed by atoms with Gasteiger partial charge in [-0.1, -0.05) is 73.5 Å². The van der Waals surface area contributed by atoms with Gasteiger partial charge in [0.15, 0.2) is 0 Å². The molecule has 1 aliphatic heterocycles. The third-order valence-corrected chi connectivity index (χ3v) is 7.61. The molecule has 34 heavy (non-hydrogen) atoms. The molecule has 2 amide bonds. The summed E-state index contributed by atoms with van der Waals surface area (Å²) < 4.78 is 0. The normalized spacial score (nSPS) is 15.1. The molecule has 3 aromatic rings. The number of carbonyl (C=O) groups is 2. The Balaban J connectivity index is 1.51. The van der Waals surface area contributed by atoms with Crippen LogP contribution in [0.5, 0.6) is 0 Å². The zero-order valence-corrected chi connectivity index (χ0v) is 21.0. The number of fused-ring (bicyclic) bond motifs is 1. The Morgan fingerprint density at radius 1 is 1.06 bits per heavy atom. The molecule has 1 unspecified atom stereocenters. The van der Waals surface area contributed by atoms with Gasteiger partial charge in [-0.2, -0.15) is 0 Å². The van der Waals surface area contributed by atoms with Crippen molar-refractivity contribution in [2.45, 2.75) is 52.0 Å². The Morgan fingerprint density at radius 2 is 1.82 bits per heavy atom. The second kappa shape index (κ2) is 11.5. The molecule has 0 N–H and O–H groups in total. The van der Waals surface area contributed by atoms with Crippen molar-refractivity contribution in [3.63, 3.8) is 0 Å². The molecule has 0 radical (unpaired) electrons. The van der Waals surface area contributed by atoms with Crippen LogP contribution in [0.2, 0.25) is 0 Å². The molecule has 4 nitrogen and oxygen atoms in total. The molecule has 0 bridgehead atoms. The van der Waals surface area contributed by atoms with E-state index in [-0.39, 0.29) is 24.4 Å². The van der Waals surface area contributed by atoms with Gasteiger partial charge in [0.05, 0.1) is 12.6 Å². The third kappa shape index (κ3) is 5.76. The van der Waals surface area contributed by atoms with Gasteiger partial charge in [0, 0.05) is 24.4 Å². The first-order chi connectivity index (χ1) is 16.6. The van der Waals surface area contributed by atoms with Gasteiger partial charge in [0.2, 0.25) is 11.8 Å². The summed E-state index contributed by atoms with van der Waals surface area (Å²) in [4.78, 5) is 31.9. The van der Waals surface area contributed by atoms with E-state index < -0.39 is 0 Å². The fraction of sp³-hybridized carbons (Fsp3) is 0.379. The van der Waals surface area contributed by atoms with E-state index in [0.29, 0.717) is 25.9 Å². The van der Waals surface area contributed by atoms with Gasteiger partial charge >= 0.3 is 0 Å². The minimum Gasteiger partial charge on any atom is -0.333 e. The van der Waals surface area contributed by atoms with Crippen molar-refractivity contribution < 1.29 is 9.59 Å². The summed E-state index contributed by atoms with van der Waals surface area (Å²) in [5.41, 5.74) is 4.72. The highest BCUT2D eigenvalue weighted by Crippen LogP contribution is 2.38. The second-order valence-corrected chi connectivity index (χ2v) is 10.1. The number of unbranched alkanes of at least 4 members (excludes halogenated alkanes) is 1. The minimum absolute atomic E-state index is 0.0339. The lowest BCUT2D eigenvalue weighted by molar-refractivity contribution is -0.141. The summed E-state index contributed by atoms with van der Waals surface area (Å²) in [5, 5.41) is 2.13. The fourth-order valence-corrected chi connectivity index (χ4v) is 5.55. The maximum Gasteiger partial charge on any atom is 0.242 e. The quantitative estimate of drug-likeness (QED) is 0.394. The molecule has 5 heteroatoms. The predicted octanol–water partition coefficient (Wildman–Crippen LogP) is 5.79. The predicted molar refractivity (Wildman–Crippen MR) is 139 cm³/mol. The molecule has 2 heterocycles. The van der Waals surface area contributed by atoms with Crippen LogP contribution in [0.4, 0.5) is 0 Å². The Labute approximate surface area is 207 Å². The standard InChI is InChI=1S/C29H34N2O2S/c1-3-4-18-30(27(32)15-12-23-8-6-5-7-9-23)21-28(33)31-19-16-26-25(17-20-34-26)29(31)24-13-10-22(2)11-14-24/h5-11,13-14,17,20,29H,3-4,12,15-16,18-19,21H2,1-2H3. The first kappa shape index (κ1) is 24.2. The largest absolute Gasteiger partial charge is 0.333 e. The number of aryl methyl sites for hydroxylation is 2. The van der Waals surface area contributed by atoms with E-state index in [2.05, 4.69) is 49.6 Å². The highest BCUT2D eigenvalue weighted by molar-refractivity contribution is 7.10. The van der Waals surface area contributed by atoms with Crippen LogP contribution in [0.1, 0.15) is 59.4 Å². The Bertz CT molecular complexity index is 1090. The number of nitrogens with zero attached hydrogens (tertiary/aromatic N) is 2. The molecule has 1 aliphatic rings. The number of amides is 2. The van der Waals surface area contributed by atoms with Gasteiger partial charge in [-0.05, 0) is 54.3 Å². The van der Waals surface area contributed by atoms with Crippen molar-refractivity contribution in [1.29, 1.82) is 0 Å².